The molecule has 0 aliphatic carbocycles. The van der Waals surface area contributed by atoms with Gasteiger partial charge in [0.15, 0.2) is 5.76 Å². The van der Waals surface area contributed by atoms with Crippen molar-refractivity contribution >= 4 is 11.6 Å². The van der Waals surface area contributed by atoms with Gasteiger partial charge >= 0.3 is 0 Å². The third-order valence-electron chi connectivity index (χ3n) is 4.17. The van der Waals surface area contributed by atoms with Crippen LogP contribution in [-0.4, -0.2) is 28.7 Å². The maximum atomic E-state index is 11.4. The number of carbonyl (C=O) groups is 1. The lowest BCUT2D eigenvalue weighted by Gasteiger charge is -2.35. The van der Waals surface area contributed by atoms with Gasteiger partial charge in [0.2, 0.25) is 11.8 Å². The molecule has 0 fully saturated rings. The summed E-state index contributed by atoms with van der Waals surface area (Å²) in [4.78, 5) is 13.6. The maximum Gasteiger partial charge on any atom is 0.283 e. The van der Waals surface area contributed by atoms with Crippen LogP contribution in [0.15, 0.2) is 51.5 Å². The fourth-order valence-corrected chi connectivity index (χ4v) is 3.20. The summed E-state index contributed by atoms with van der Waals surface area (Å²) in [6.07, 6.45) is 2.38. The zero-order valence-corrected chi connectivity index (χ0v) is 13.8. The smallest absolute Gasteiger partial charge is 0.283 e. The number of hydrogen-bond donors (Lipinski definition) is 1. The largest absolute Gasteiger partial charge is 0.459 e. The molecule has 7 heteroatoms. The Bertz CT molecular complexity index is 872. The predicted octanol–water partition coefficient (Wildman–Crippen LogP) is 2.40. The van der Waals surface area contributed by atoms with Gasteiger partial charge in [-0.1, -0.05) is 18.2 Å². The molecule has 7 nitrogen and oxygen atoms in total. The van der Waals surface area contributed by atoms with Crippen LogP contribution in [0.4, 0.5) is 5.69 Å². The number of rotatable bonds is 4. The van der Waals surface area contributed by atoms with Gasteiger partial charge in [0.25, 0.3) is 5.89 Å². The van der Waals surface area contributed by atoms with Crippen molar-refractivity contribution < 1.29 is 13.6 Å². The quantitative estimate of drug-likeness (QED) is 0.786. The highest BCUT2D eigenvalue weighted by Gasteiger charge is 2.26. The summed E-state index contributed by atoms with van der Waals surface area (Å²) in [5.41, 5.74) is 2.32. The molecular weight excluding hydrogens is 320 g/mol. The average Bonchev–Trinajstić information content (AvgIpc) is 3.25. The Hall–Kier alpha value is -3.09. The minimum absolute atomic E-state index is 0.0257. The number of aromatic nitrogens is 2. The van der Waals surface area contributed by atoms with E-state index in [1.165, 1.54) is 5.56 Å². The number of para-hydroxylation sites is 1. The number of furan rings is 1. The van der Waals surface area contributed by atoms with Crippen molar-refractivity contribution in [1.82, 2.24) is 15.5 Å². The predicted molar refractivity (Wildman–Crippen MR) is 90.8 cm³/mol. The molecule has 0 saturated heterocycles. The van der Waals surface area contributed by atoms with Gasteiger partial charge in [-0.3, -0.25) is 4.79 Å². The second-order valence-corrected chi connectivity index (χ2v) is 6.09. The van der Waals surface area contributed by atoms with Crippen molar-refractivity contribution in [3.8, 4) is 11.7 Å². The molecule has 1 aliphatic heterocycles. The van der Waals surface area contributed by atoms with E-state index in [9.17, 15) is 4.79 Å². The third kappa shape index (κ3) is 3.26. The zero-order chi connectivity index (χ0) is 17.2. The summed E-state index contributed by atoms with van der Waals surface area (Å²) in [7, 11) is 0. The SMILES string of the molecule is CC(=O)NC1Cc2ccccc2N(Cc2nnc(-c3ccco3)o2)C1. The third-order valence-corrected chi connectivity index (χ3v) is 4.17. The van der Waals surface area contributed by atoms with Gasteiger partial charge < -0.3 is 19.1 Å². The fourth-order valence-electron chi connectivity index (χ4n) is 3.20. The van der Waals surface area contributed by atoms with Gasteiger partial charge in [0.05, 0.1) is 18.8 Å². The minimum Gasteiger partial charge on any atom is -0.459 e. The number of nitrogens with one attached hydrogen (secondary N) is 1. The topological polar surface area (TPSA) is 84.4 Å². The molecule has 3 heterocycles. The molecule has 1 aliphatic rings. The lowest BCUT2D eigenvalue weighted by molar-refractivity contribution is -0.119. The first kappa shape index (κ1) is 15.4. The number of hydrogen-bond acceptors (Lipinski definition) is 6. The van der Waals surface area contributed by atoms with Crippen molar-refractivity contribution in [1.29, 1.82) is 0 Å². The molecule has 3 aromatic rings. The molecule has 1 unspecified atom stereocenters. The van der Waals surface area contributed by atoms with E-state index in [1.807, 2.05) is 12.1 Å². The minimum atomic E-state index is -0.0257. The Morgan fingerprint density at radius 3 is 2.96 bits per heavy atom. The Kier molecular flexibility index (Phi) is 3.97. The van der Waals surface area contributed by atoms with Gasteiger partial charge in [-0.15, -0.1) is 10.2 Å². The molecule has 0 saturated carbocycles. The monoisotopic (exact) mass is 338 g/mol. The Balaban J connectivity index is 1.57. The van der Waals surface area contributed by atoms with Crippen LogP contribution in [0, 0.1) is 0 Å². The standard InChI is InChI=1S/C18H18N4O3/c1-12(23)19-14-9-13-5-2-3-6-15(13)22(10-14)11-17-20-21-18(25-17)16-7-4-8-24-16/h2-8,14H,9-11H2,1H3,(H,19,23). The van der Waals surface area contributed by atoms with Crippen LogP contribution in [0.5, 0.6) is 0 Å². The van der Waals surface area contributed by atoms with E-state index >= 15 is 0 Å². The highest BCUT2D eigenvalue weighted by molar-refractivity contribution is 5.73. The normalized spacial score (nSPS) is 16.5. The molecule has 1 N–H and O–H groups in total. The molecule has 1 atom stereocenters. The summed E-state index contributed by atoms with van der Waals surface area (Å²) >= 11 is 0. The van der Waals surface area contributed by atoms with Gasteiger partial charge in [0.1, 0.15) is 0 Å². The van der Waals surface area contributed by atoms with Crippen molar-refractivity contribution in [2.75, 3.05) is 11.4 Å². The van der Waals surface area contributed by atoms with E-state index in [0.29, 0.717) is 30.6 Å². The zero-order valence-electron chi connectivity index (χ0n) is 13.8. The van der Waals surface area contributed by atoms with Gasteiger partial charge in [-0.25, -0.2) is 0 Å². The van der Waals surface area contributed by atoms with E-state index in [1.54, 1.807) is 25.3 Å². The summed E-state index contributed by atoms with van der Waals surface area (Å²) in [5.74, 6) is 1.39. The molecule has 1 amide bonds. The van der Waals surface area contributed by atoms with Gasteiger partial charge in [0, 0.05) is 19.2 Å². The van der Waals surface area contributed by atoms with Gasteiger partial charge in [-0.2, -0.15) is 0 Å². The Morgan fingerprint density at radius 1 is 1.28 bits per heavy atom. The highest BCUT2D eigenvalue weighted by Crippen LogP contribution is 2.28. The number of anilines is 1. The number of nitrogens with zero attached hydrogens (tertiary/aromatic N) is 3. The van der Waals surface area contributed by atoms with E-state index < -0.39 is 0 Å². The van der Waals surface area contributed by atoms with E-state index in [2.05, 4.69) is 32.5 Å². The first-order valence-corrected chi connectivity index (χ1v) is 8.15. The molecule has 1 aromatic carbocycles. The lowest BCUT2D eigenvalue weighted by atomic mass is 9.98. The van der Waals surface area contributed by atoms with Crippen molar-refractivity contribution in [2.45, 2.75) is 25.9 Å². The summed E-state index contributed by atoms with van der Waals surface area (Å²) in [5, 5.41) is 11.2. The second-order valence-electron chi connectivity index (χ2n) is 6.09. The van der Waals surface area contributed by atoms with E-state index in [4.69, 9.17) is 8.83 Å². The Morgan fingerprint density at radius 2 is 2.16 bits per heavy atom. The lowest BCUT2D eigenvalue weighted by Crippen LogP contribution is -2.47. The first-order chi connectivity index (χ1) is 12.2. The molecule has 25 heavy (non-hydrogen) atoms. The fraction of sp³-hybridized carbons (Fsp3) is 0.278. The number of benzene rings is 1. The van der Waals surface area contributed by atoms with E-state index in [0.717, 1.165) is 12.1 Å². The summed E-state index contributed by atoms with van der Waals surface area (Å²) in [6, 6.07) is 11.8. The number of carbonyl (C=O) groups excluding carboxylic acids is 1. The maximum absolute atomic E-state index is 11.4. The second kappa shape index (κ2) is 6.43. The average molecular weight is 338 g/mol. The highest BCUT2D eigenvalue weighted by atomic mass is 16.4. The number of amides is 1. The van der Waals surface area contributed by atoms with Crippen LogP contribution in [0.1, 0.15) is 18.4 Å². The van der Waals surface area contributed by atoms with Crippen LogP contribution < -0.4 is 10.2 Å². The summed E-state index contributed by atoms with van der Waals surface area (Å²) < 4.78 is 11.0. The summed E-state index contributed by atoms with van der Waals surface area (Å²) in [6.45, 7) is 2.70. The van der Waals surface area contributed by atoms with Crippen LogP contribution in [0.2, 0.25) is 0 Å². The van der Waals surface area contributed by atoms with Crippen LogP contribution >= 0.6 is 0 Å². The molecule has 0 radical (unpaired) electrons. The molecular formula is C18H18N4O3. The molecule has 0 bridgehead atoms. The van der Waals surface area contributed by atoms with Crippen molar-refractivity contribution in [3.63, 3.8) is 0 Å². The molecule has 128 valence electrons. The van der Waals surface area contributed by atoms with Crippen LogP contribution in [-0.2, 0) is 17.8 Å². The van der Waals surface area contributed by atoms with Crippen molar-refractivity contribution in [2.24, 2.45) is 0 Å². The van der Waals surface area contributed by atoms with Crippen LogP contribution in [0.3, 0.4) is 0 Å². The molecule has 2 aromatic heterocycles. The first-order valence-electron chi connectivity index (χ1n) is 8.15. The van der Waals surface area contributed by atoms with E-state index in [-0.39, 0.29) is 11.9 Å². The molecule has 0 spiro atoms. The number of fused-ring (bicyclic) bond motifs is 1. The molecule has 4 rings (SSSR count). The van der Waals surface area contributed by atoms with Crippen LogP contribution in [0.25, 0.3) is 11.7 Å². The Labute approximate surface area is 144 Å². The van der Waals surface area contributed by atoms with Gasteiger partial charge in [-0.05, 0) is 30.2 Å². The van der Waals surface area contributed by atoms with Crippen molar-refractivity contribution in [3.05, 3.63) is 54.1 Å².